The van der Waals surface area contributed by atoms with Gasteiger partial charge in [0.2, 0.25) is 5.95 Å². The molecule has 2 aromatic rings. The van der Waals surface area contributed by atoms with Crippen molar-refractivity contribution in [3.05, 3.63) is 17.8 Å². The topological polar surface area (TPSA) is 88.8 Å². The van der Waals surface area contributed by atoms with Crippen LogP contribution in [0.4, 0.5) is 5.95 Å². The third-order valence-corrected chi connectivity index (χ3v) is 10.1. The summed E-state index contributed by atoms with van der Waals surface area (Å²) in [6.45, 7) is 4.35. The molecule has 2 aromatic heterocycles. The van der Waals surface area contributed by atoms with E-state index in [1.165, 1.54) is 17.1 Å². The van der Waals surface area contributed by atoms with Crippen molar-refractivity contribution in [2.75, 3.05) is 24.4 Å². The van der Waals surface area contributed by atoms with Crippen molar-refractivity contribution in [3.63, 3.8) is 0 Å². The number of pyridine rings is 1. The van der Waals surface area contributed by atoms with E-state index in [1.54, 1.807) is 4.40 Å². The first kappa shape index (κ1) is 17.8. The zero-order valence-electron chi connectivity index (χ0n) is 17.1. The summed E-state index contributed by atoms with van der Waals surface area (Å²) in [7, 11) is -3.57. The van der Waals surface area contributed by atoms with Gasteiger partial charge in [-0.1, -0.05) is 6.92 Å². The predicted octanol–water partition coefficient (Wildman–Crippen LogP) is 2.64. The van der Waals surface area contributed by atoms with Crippen molar-refractivity contribution in [1.82, 2.24) is 18.9 Å². The molecule has 5 aliphatic rings. The molecule has 7 rings (SSSR count). The lowest BCUT2D eigenvalue weighted by molar-refractivity contribution is 0.126. The normalized spacial score (nSPS) is 36.8. The van der Waals surface area contributed by atoms with Crippen LogP contribution in [0.15, 0.2) is 12.3 Å². The first-order valence-corrected chi connectivity index (χ1v) is 12.7. The summed E-state index contributed by atoms with van der Waals surface area (Å²) in [6.07, 6.45) is 7.82. The summed E-state index contributed by atoms with van der Waals surface area (Å²) in [6, 6.07) is 1.93. The van der Waals surface area contributed by atoms with Gasteiger partial charge in [0.15, 0.2) is 5.65 Å². The highest BCUT2D eigenvalue weighted by Crippen LogP contribution is 2.89. The molecule has 160 valence electrons. The minimum atomic E-state index is -3.57. The summed E-state index contributed by atoms with van der Waals surface area (Å²) >= 11 is 0. The van der Waals surface area contributed by atoms with Crippen LogP contribution in [0.2, 0.25) is 0 Å². The first-order valence-electron chi connectivity index (χ1n) is 11.3. The maximum Gasteiger partial charge on any atom is 0.303 e. The fourth-order valence-corrected chi connectivity index (χ4v) is 7.66. The van der Waals surface area contributed by atoms with Crippen molar-refractivity contribution in [2.45, 2.75) is 44.9 Å². The largest absolute Gasteiger partial charge is 0.493 e. The van der Waals surface area contributed by atoms with Crippen molar-refractivity contribution >= 4 is 21.8 Å². The standard InChI is InChI=1S/C21H27N5O3S/c1-21-15-6-5-13(18(21)19(15)21)11-29-16-9-17-22-23-20(24-30(27,28)25-7-2-8-25)26(17)10-14(16)12-3-4-12/h9-10,12-13,15,18-19H,2-8,11H2,1H3,(H,23,24)/t13-,15+,18-,19?,21?/m1/s1. The van der Waals surface area contributed by atoms with Crippen LogP contribution >= 0.6 is 0 Å². The fourth-order valence-electron chi connectivity index (χ4n) is 6.43. The Morgan fingerprint density at radius 2 is 2.00 bits per heavy atom. The van der Waals surface area contributed by atoms with Crippen LogP contribution in [0.3, 0.4) is 0 Å². The molecule has 1 aliphatic heterocycles. The molecule has 8 nitrogen and oxygen atoms in total. The third-order valence-electron chi connectivity index (χ3n) is 8.57. The van der Waals surface area contributed by atoms with Crippen LogP contribution in [0.1, 0.15) is 50.5 Å². The second kappa shape index (κ2) is 5.68. The summed E-state index contributed by atoms with van der Waals surface area (Å²) < 4.78 is 37.1. The molecule has 3 heterocycles. The quantitative estimate of drug-likeness (QED) is 0.731. The number of hydrogen-bond donors (Lipinski definition) is 1. The average molecular weight is 430 g/mol. The number of nitrogens with one attached hydrogen (secondary N) is 1. The van der Waals surface area contributed by atoms with Crippen LogP contribution in [0, 0.1) is 29.1 Å². The van der Waals surface area contributed by atoms with Crippen molar-refractivity contribution in [3.8, 4) is 5.75 Å². The number of aromatic nitrogens is 3. The molecule has 9 heteroatoms. The predicted molar refractivity (Wildman–Crippen MR) is 110 cm³/mol. The number of fused-ring (bicyclic) bond motifs is 3. The first-order chi connectivity index (χ1) is 14.5. The molecule has 0 aromatic carbocycles. The van der Waals surface area contributed by atoms with E-state index in [0.29, 0.717) is 36.0 Å². The Morgan fingerprint density at radius 1 is 1.20 bits per heavy atom. The second-order valence-electron chi connectivity index (χ2n) is 10.2. The zero-order chi connectivity index (χ0) is 20.3. The Balaban J connectivity index is 1.15. The monoisotopic (exact) mass is 429 g/mol. The lowest BCUT2D eigenvalue weighted by atomic mass is 9.76. The van der Waals surface area contributed by atoms with Crippen LogP contribution in [-0.4, -0.2) is 47.0 Å². The van der Waals surface area contributed by atoms with E-state index in [-0.39, 0.29) is 5.95 Å². The number of ether oxygens (including phenoxy) is 1. The summed E-state index contributed by atoms with van der Waals surface area (Å²) in [5, 5.41) is 8.31. The van der Waals surface area contributed by atoms with Gasteiger partial charge in [-0.2, -0.15) is 12.7 Å². The zero-order valence-corrected chi connectivity index (χ0v) is 17.9. The summed E-state index contributed by atoms with van der Waals surface area (Å²) in [5.41, 5.74) is 2.40. The molecule has 4 aliphatic carbocycles. The molecule has 5 fully saturated rings. The molecule has 0 radical (unpaired) electrons. The van der Waals surface area contributed by atoms with Gasteiger partial charge < -0.3 is 4.74 Å². The van der Waals surface area contributed by atoms with Crippen LogP contribution in [0.5, 0.6) is 5.75 Å². The Hall–Kier alpha value is -1.87. The fraction of sp³-hybridized carbons (Fsp3) is 0.714. The van der Waals surface area contributed by atoms with E-state index in [2.05, 4.69) is 21.8 Å². The van der Waals surface area contributed by atoms with E-state index >= 15 is 0 Å². The van der Waals surface area contributed by atoms with Crippen LogP contribution < -0.4 is 9.46 Å². The number of anilines is 1. The molecular formula is C21H27N5O3S. The minimum absolute atomic E-state index is 0.245. The molecule has 0 bridgehead atoms. The number of hydrogen-bond acceptors (Lipinski definition) is 5. The Labute approximate surface area is 176 Å². The van der Waals surface area contributed by atoms with Gasteiger partial charge in [-0.05, 0) is 67.1 Å². The smallest absolute Gasteiger partial charge is 0.303 e. The second-order valence-corrected chi connectivity index (χ2v) is 11.8. The van der Waals surface area contributed by atoms with Gasteiger partial charge in [-0.3, -0.25) is 4.40 Å². The van der Waals surface area contributed by atoms with Crippen molar-refractivity contribution in [2.24, 2.45) is 29.1 Å². The summed E-state index contributed by atoms with van der Waals surface area (Å²) in [5.74, 6) is 5.15. The SMILES string of the molecule is CC12C3[C@@H]1CC[C@H](COc1cc4nnc(NS(=O)(=O)N5CCC5)n4cc1C1CC1)[C@H]32. The van der Waals surface area contributed by atoms with E-state index in [9.17, 15) is 8.42 Å². The van der Waals surface area contributed by atoms with Gasteiger partial charge in [-0.15, -0.1) is 10.2 Å². The highest BCUT2D eigenvalue weighted by molar-refractivity contribution is 7.90. The highest BCUT2D eigenvalue weighted by atomic mass is 32.2. The Morgan fingerprint density at radius 3 is 2.67 bits per heavy atom. The lowest BCUT2D eigenvalue weighted by Crippen LogP contribution is -2.45. The van der Waals surface area contributed by atoms with Crippen molar-refractivity contribution < 1.29 is 13.2 Å². The van der Waals surface area contributed by atoms with Gasteiger partial charge >= 0.3 is 10.2 Å². The summed E-state index contributed by atoms with van der Waals surface area (Å²) in [4.78, 5) is 0. The molecule has 1 saturated heterocycles. The van der Waals surface area contributed by atoms with Gasteiger partial charge in [-0.25, -0.2) is 4.72 Å². The molecular weight excluding hydrogens is 402 g/mol. The third kappa shape index (κ3) is 2.39. The van der Waals surface area contributed by atoms with Gasteiger partial charge in [0.25, 0.3) is 0 Å². The number of nitrogens with zero attached hydrogens (tertiary/aromatic N) is 4. The van der Waals surface area contributed by atoms with Gasteiger partial charge in [0.1, 0.15) is 5.75 Å². The van der Waals surface area contributed by atoms with Crippen LogP contribution in [0.25, 0.3) is 5.65 Å². The molecule has 4 saturated carbocycles. The van der Waals surface area contributed by atoms with Gasteiger partial charge in [0.05, 0.1) is 6.61 Å². The Kier molecular flexibility index (Phi) is 3.36. The van der Waals surface area contributed by atoms with E-state index in [4.69, 9.17) is 4.74 Å². The van der Waals surface area contributed by atoms with Crippen LogP contribution in [-0.2, 0) is 10.2 Å². The molecule has 2 unspecified atom stereocenters. The maximum atomic E-state index is 12.5. The lowest BCUT2D eigenvalue weighted by Gasteiger charge is -2.32. The minimum Gasteiger partial charge on any atom is -0.493 e. The van der Waals surface area contributed by atoms with E-state index in [1.807, 2.05) is 12.3 Å². The average Bonchev–Trinajstić information content (AvgIpc) is 3.61. The maximum absolute atomic E-state index is 12.5. The van der Waals surface area contributed by atoms with E-state index < -0.39 is 10.2 Å². The van der Waals surface area contributed by atoms with Crippen molar-refractivity contribution in [1.29, 1.82) is 0 Å². The highest BCUT2D eigenvalue weighted by Gasteiger charge is 2.85. The molecule has 5 atom stereocenters. The molecule has 30 heavy (non-hydrogen) atoms. The number of rotatable bonds is 7. The van der Waals surface area contributed by atoms with E-state index in [0.717, 1.165) is 54.9 Å². The molecule has 1 N–H and O–H groups in total. The molecule has 0 amide bonds. The Bertz CT molecular complexity index is 1150. The molecule has 0 spiro atoms. The van der Waals surface area contributed by atoms with Gasteiger partial charge in [0, 0.05) is 30.9 Å².